The summed E-state index contributed by atoms with van der Waals surface area (Å²) in [7, 11) is 6.13. The van der Waals surface area contributed by atoms with Crippen LogP contribution in [0, 0.1) is 12.3 Å². The summed E-state index contributed by atoms with van der Waals surface area (Å²) < 4.78 is 11.0. The van der Waals surface area contributed by atoms with Crippen LogP contribution in [0.1, 0.15) is 33.8 Å². The van der Waals surface area contributed by atoms with Gasteiger partial charge in [-0.25, -0.2) is 4.79 Å². The summed E-state index contributed by atoms with van der Waals surface area (Å²) in [5.74, 6) is 0.438. The van der Waals surface area contributed by atoms with Crippen molar-refractivity contribution in [1.29, 1.82) is 0 Å². The number of aryl methyl sites for hydroxylation is 1. The second-order valence-corrected chi connectivity index (χ2v) is 10.5. The summed E-state index contributed by atoms with van der Waals surface area (Å²) in [6, 6.07) is 7.28. The molecule has 0 radical (unpaired) electrons. The van der Waals surface area contributed by atoms with Gasteiger partial charge in [-0.05, 0) is 55.7 Å². The topological polar surface area (TPSA) is 79.4 Å². The normalized spacial score (nSPS) is 20.5. The van der Waals surface area contributed by atoms with Crippen LogP contribution in [0.25, 0.3) is 0 Å². The van der Waals surface area contributed by atoms with Crippen LogP contribution < -0.4 is 9.47 Å². The molecule has 1 aromatic heterocycles. The van der Waals surface area contributed by atoms with E-state index < -0.39 is 23.3 Å². The van der Waals surface area contributed by atoms with E-state index in [9.17, 15) is 14.4 Å². The Kier molecular flexibility index (Phi) is 6.44. The summed E-state index contributed by atoms with van der Waals surface area (Å²) in [6.45, 7) is 4.97. The minimum Gasteiger partial charge on any atom is -0.493 e. The van der Waals surface area contributed by atoms with Gasteiger partial charge >= 0.3 is 6.03 Å². The van der Waals surface area contributed by atoms with Crippen LogP contribution in [0.3, 0.4) is 0 Å². The fraction of sp³-hybridized carbons (Fsp3) is 0.480. The van der Waals surface area contributed by atoms with E-state index >= 15 is 0 Å². The van der Waals surface area contributed by atoms with Gasteiger partial charge in [0.15, 0.2) is 11.5 Å². The molecule has 2 aliphatic rings. The summed E-state index contributed by atoms with van der Waals surface area (Å²) in [4.78, 5) is 46.2. The summed E-state index contributed by atoms with van der Waals surface area (Å²) in [6.07, 6.45) is 1.01. The molecular weight excluding hydrogens is 454 g/mol. The monoisotopic (exact) mass is 485 g/mol. The Labute approximate surface area is 204 Å². The average Bonchev–Trinajstić information content (AvgIpc) is 3.25. The zero-order valence-corrected chi connectivity index (χ0v) is 21.3. The number of thiophene rings is 1. The van der Waals surface area contributed by atoms with E-state index in [-0.39, 0.29) is 19.0 Å². The van der Waals surface area contributed by atoms with Crippen LogP contribution in [0.4, 0.5) is 4.79 Å². The molecule has 0 spiro atoms. The van der Waals surface area contributed by atoms with Gasteiger partial charge < -0.3 is 9.47 Å². The molecule has 0 saturated carbocycles. The van der Waals surface area contributed by atoms with E-state index in [4.69, 9.17) is 9.47 Å². The minimum absolute atomic E-state index is 0.0562. The Morgan fingerprint density at radius 3 is 2.21 bits per heavy atom. The van der Waals surface area contributed by atoms with Crippen molar-refractivity contribution in [3.63, 3.8) is 0 Å². The predicted octanol–water partition coefficient (Wildman–Crippen LogP) is 3.27. The molecule has 3 heterocycles. The van der Waals surface area contributed by atoms with Crippen LogP contribution >= 0.6 is 11.3 Å². The fourth-order valence-corrected chi connectivity index (χ4v) is 6.12. The van der Waals surface area contributed by atoms with E-state index in [0.717, 1.165) is 37.1 Å². The van der Waals surface area contributed by atoms with Crippen LogP contribution in [-0.4, -0.2) is 73.9 Å². The highest BCUT2D eigenvalue weighted by molar-refractivity contribution is 7.11. The predicted molar refractivity (Wildman–Crippen MR) is 129 cm³/mol. The molecule has 0 N–H and O–H groups in total. The number of ether oxygens (including phenoxy) is 2. The minimum atomic E-state index is -1.38. The molecule has 8 nitrogen and oxygen atoms in total. The molecule has 1 atom stereocenters. The molecule has 0 unspecified atom stereocenters. The highest BCUT2D eigenvalue weighted by atomic mass is 32.1. The van der Waals surface area contributed by atoms with Crippen molar-refractivity contribution in [2.75, 3.05) is 41.4 Å². The third-order valence-electron chi connectivity index (χ3n) is 7.06. The van der Waals surface area contributed by atoms with Gasteiger partial charge in [0.2, 0.25) is 11.8 Å². The second-order valence-electron chi connectivity index (χ2n) is 9.08. The number of carbonyl (C=O) groups is 3. The lowest BCUT2D eigenvalue weighted by atomic mass is 9.77. The number of carbonyl (C=O) groups excluding carboxylic acids is 3. The zero-order chi connectivity index (χ0) is 24.8. The molecule has 9 heteroatoms. The lowest BCUT2D eigenvalue weighted by molar-refractivity contribution is -0.159. The molecule has 34 heavy (non-hydrogen) atoms. The summed E-state index contributed by atoms with van der Waals surface area (Å²) >= 11 is 1.57. The number of benzene rings is 1. The smallest absolute Gasteiger partial charge is 0.332 e. The lowest BCUT2D eigenvalue weighted by Gasteiger charge is -2.46. The third-order valence-corrected chi connectivity index (χ3v) is 8.06. The Hall–Kier alpha value is -2.91. The summed E-state index contributed by atoms with van der Waals surface area (Å²) in [5.41, 5.74) is 0.867. The van der Waals surface area contributed by atoms with Crippen molar-refractivity contribution in [3.8, 4) is 11.5 Å². The van der Waals surface area contributed by atoms with Gasteiger partial charge in [0.05, 0.1) is 14.2 Å². The Bertz CT molecular complexity index is 1120. The molecule has 0 aliphatic carbocycles. The van der Waals surface area contributed by atoms with Crippen molar-refractivity contribution in [1.82, 2.24) is 14.7 Å². The van der Waals surface area contributed by atoms with Gasteiger partial charge in [-0.3, -0.25) is 24.3 Å². The number of rotatable bonds is 6. The van der Waals surface area contributed by atoms with E-state index in [1.54, 1.807) is 25.6 Å². The van der Waals surface area contributed by atoms with Crippen LogP contribution in [0.15, 0.2) is 24.3 Å². The molecule has 1 aromatic carbocycles. The highest BCUT2D eigenvalue weighted by Gasteiger charge is 2.56. The van der Waals surface area contributed by atoms with E-state index in [1.807, 2.05) is 31.2 Å². The third kappa shape index (κ3) is 3.86. The number of barbiturate groups is 1. The lowest BCUT2D eigenvalue weighted by Crippen LogP contribution is -2.67. The van der Waals surface area contributed by atoms with Crippen molar-refractivity contribution >= 4 is 29.2 Å². The standard InChI is InChI=1S/C25H31N3O5S/c1-15-7-8-18(34-15)13-25(22(29)26(3)24(31)27(4)23(25)30)14-28-10-9-17-11-20(32-5)21(33-6)12-19(17)16(28)2/h7-8,11-12,16H,9-10,13-14H2,1-6H3/t16-/m1/s1. The number of hydrogen-bond donors (Lipinski definition) is 0. The fourth-order valence-electron chi connectivity index (χ4n) is 5.11. The van der Waals surface area contributed by atoms with Gasteiger partial charge in [0.25, 0.3) is 0 Å². The number of imide groups is 2. The Balaban J connectivity index is 1.73. The maximum absolute atomic E-state index is 13.6. The molecule has 2 aliphatic heterocycles. The number of methoxy groups -OCH3 is 2. The maximum atomic E-state index is 13.6. The molecule has 2 aromatic rings. The van der Waals surface area contributed by atoms with E-state index in [2.05, 4.69) is 11.8 Å². The number of nitrogens with zero attached hydrogens (tertiary/aromatic N) is 3. The molecule has 4 rings (SSSR count). The first-order valence-electron chi connectivity index (χ1n) is 11.3. The quantitative estimate of drug-likeness (QED) is 0.585. The molecular formula is C25H31N3O5S. The Morgan fingerprint density at radius 2 is 1.65 bits per heavy atom. The van der Waals surface area contributed by atoms with Crippen molar-refractivity contribution in [2.24, 2.45) is 5.41 Å². The average molecular weight is 486 g/mol. The highest BCUT2D eigenvalue weighted by Crippen LogP contribution is 2.41. The van der Waals surface area contributed by atoms with Gasteiger partial charge in [-0.1, -0.05) is 0 Å². The molecule has 0 bridgehead atoms. The maximum Gasteiger partial charge on any atom is 0.332 e. The van der Waals surface area contributed by atoms with Crippen molar-refractivity contribution in [2.45, 2.75) is 32.7 Å². The molecule has 182 valence electrons. The molecule has 1 saturated heterocycles. The van der Waals surface area contributed by atoms with Crippen molar-refractivity contribution < 1.29 is 23.9 Å². The molecule has 1 fully saturated rings. The number of urea groups is 1. The van der Waals surface area contributed by atoms with Gasteiger partial charge in [-0.2, -0.15) is 0 Å². The van der Waals surface area contributed by atoms with E-state index in [0.29, 0.717) is 18.0 Å². The number of amides is 4. The van der Waals surface area contributed by atoms with E-state index in [1.165, 1.54) is 14.1 Å². The second kappa shape index (κ2) is 9.03. The number of hydrogen-bond acceptors (Lipinski definition) is 7. The van der Waals surface area contributed by atoms with Crippen LogP contribution in [0.5, 0.6) is 11.5 Å². The first-order valence-corrected chi connectivity index (χ1v) is 12.1. The zero-order valence-electron chi connectivity index (χ0n) is 20.5. The molecule has 4 amide bonds. The van der Waals surface area contributed by atoms with Crippen LogP contribution in [-0.2, 0) is 22.4 Å². The Morgan fingerprint density at radius 1 is 1.03 bits per heavy atom. The van der Waals surface area contributed by atoms with Gasteiger partial charge in [0, 0.05) is 49.4 Å². The summed E-state index contributed by atoms with van der Waals surface area (Å²) in [5, 5.41) is 0. The first-order chi connectivity index (χ1) is 16.1. The number of fused-ring (bicyclic) bond motifs is 1. The SMILES string of the molecule is COc1cc2c(cc1OC)[C@@H](C)N(CC1(Cc3ccc(C)s3)C(=O)N(C)C(=O)N(C)C1=O)CC2. The largest absolute Gasteiger partial charge is 0.493 e. The first kappa shape index (κ1) is 24.2. The van der Waals surface area contributed by atoms with Crippen LogP contribution in [0.2, 0.25) is 0 Å². The van der Waals surface area contributed by atoms with Gasteiger partial charge in [-0.15, -0.1) is 11.3 Å². The van der Waals surface area contributed by atoms with Crippen molar-refractivity contribution in [3.05, 3.63) is 45.1 Å². The van der Waals surface area contributed by atoms with Gasteiger partial charge in [0.1, 0.15) is 5.41 Å².